The molecule has 3 rings (SSSR count). The fourth-order valence-electron chi connectivity index (χ4n) is 2.40. The molecule has 110 valence electrons. The van der Waals surface area contributed by atoms with Crippen molar-refractivity contribution >= 4 is 17.2 Å². The molecule has 6 heteroatoms. The summed E-state index contributed by atoms with van der Waals surface area (Å²) in [5.41, 5.74) is 2.75. The molecule has 0 fully saturated rings. The Labute approximate surface area is 125 Å². The van der Waals surface area contributed by atoms with Crippen LogP contribution in [0.4, 0.5) is 5.69 Å². The zero-order valence-corrected chi connectivity index (χ0v) is 11.7. The van der Waals surface area contributed by atoms with E-state index in [1.807, 2.05) is 28.8 Å². The van der Waals surface area contributed by atoms with Crippen LogP contribution >= 0.6 is 0 Å². The van der Waals surface area contributed by atoms with Gasteiger partial charge >= 0.3 is 5.97 Å². The van der Waals surface area contributed by atoms with Crippen LogP contribution in [0.1, 0.15) is 10.4 Å². The Balaban J connectivity index is 2.18. The molecule has 2 heterocycles. The fourth-order valence-corrected chi connectivity index (χ4v) is 2.40. The van der Waals surface area contributed by atoms with Gasteiger partial charge in [0.05, 0.1) is 28.8 Å². The number of rotatable bonds is 3. The number of hydrogen-bond donors (Lipinski definition) is 0. The smallest absolute Gasteiger partial charge is 0.340 e. The number of fused-ring (bicyclic) bond motifs is 1. The van der Waals surface area contributed by atoms with Gasteiger partial charge in [0, 0.05) is 18.3 Å². The minimum atomic E-state index is -0.445. The van der Waals surface area contributed by atoms with E-state index in [1.165, 1.54) is 19.2 Å². The molecule has 0 N–H and O–H groups in total. The number of methoxy groups -OCH3 is 1. The van der Waals surface area contributed by atoms with E-state index in [-0.39, 0.29) is 5.69 Å². The monoisotopic (exact) mass is 296 g/mol. The predicted octanol–water partition coefficient (Wildman–Crippen LogP) is 3.30. The van der Waals surface area contributed by atoms with Crippen molar-refractivity contribution < 1.29 is 14.5 Å². The van der Waals surface area contributed by atoms with Crippen molar-refractivity contribution in [3.05, 3.63) is 70.4 Å². The molecule has 0 bridgehead atoms. The largest absolute Gasteiger partial charge is 0.465 e. The number of pyridine rings is 1. The number of nitro benzene ring substituents is 1. The van der Waals surface area contributed by atoms with E-state index in [0.29, 0.717) is 5.56 Å². The molecule has 0 spiro atoms. The van der Waals surface area contributed by atoms with E-state index in [2.05, 4.69) is 0 Å². The molecule has 0 amide bonds. The highest BCUT2D eigenvalue weighted by molar-refractivity contribution is 5.99. The first-order valence-corrected chi connectivity index (χ1v) is 6.55. The summed E-state index contributed by atoms with van der Waals surface area (Å²) in [4.78, 5) is 22.2. The van der Waals surface area contributed by atoms with E-state index < -0.39 is 10.9 Å². The molecule has 2 aromatic heterocycles. The van der Waals surface area contributed by atoms with Gasteiger partial charge in [0.15, 0.2) is 0 Å². The van der Waals surface area contributed by atoms with Gasteiger partial charge in [-0.1, -0.05) is 6.07 Å². The van der Waals surface area contributed by atoms with Crippen LogP contribution < -0.4 is 0 Å². The van der Waals surface area contributed by atoms with Crippen molar-refractivity contribution in [1.82, 2.24) is 4.40 Å². The first-order chi connectivity index (χ1) is 10.6. The summed E-state index contributed by atoms with van der Waals surface area (Å²) >= 11 is 0. The second-order valence-electron chi connectivity index (χ2n) is 4.69. The molecule has 3 aromatic rings. The van der Waals surface area contributed by atoms with Gasteiger partial charge in [-0.15, -0.1) is 0 Å². The van der Waals surface area contributed by atoms with Crippen LogP contribution in [0.25, 0.3) is 16.8 Å². The molecule has 0 saturated heterocycles. The van der Waals surface area contributed by atoms with Crippen LogP contribution in [0.2, 0.25) is 0 Å². The molecule has 0 aliphatic heterocycles. The number of non-ortho nitro benzene ring substituents is 1. The molecule has 0 saturated carbocycles. The third-order valence-corrected chi connectivity index (χ3v) is 3.46. The summed E-state index contributed by atoms with van der Waals surface area (Å²) in [5, 5.41) is 10.7. The van der Waals surface area contributed by atoms with Crippen LogP contribution in [0.5, 0.6) is 0 Å². The highest BCUT2D eigenvalue weighted by Crippen LogP contribution is 2.28. The molecule has 22 heavy (non-hydrogen) atoms. The van der Waals surface area contributed by atoms with Crippen molar-refractivity contribution in [3.63, 3.8) is 0 Å². The molecule has 0 atom stereocenters. The van der Waals surface area contributed by atoms with Crippen molar-refractivity contribution in [2.24, 2.45) is 0 Å². The second-order valence-corrected chi connectivity index (χ2v) is 4.69. The Hall–Kier alpha value is -3.15. The van der Waals surface area contributed by atoms with Gasteiger partial charge in [-0.05, 0) is 35.9 Å². The number of nitro groups is 1. The lowest BCUT2D eigenvalue weighted by Crippen LogP contribution is -1.99. The van der Waals surface area contributed by atoms with E-state index >= 15 is 0 Å². The molecule has 6 nitrogen and oxygen atoms in total. The number of ether oxygens (including phenoxy) is 1. The number of hydrogen-bond acceptors (Lipinski definition) is 4. The van der Waals surface area contributed by atoms with E-state index in [4.69, 9.17) is 4.74 Å². The molecule has 0 radical (unpaired) electrons. The summed E-state index contributed by atoms with van der Waals surface area (Å²) in [6.07, 6.45) is 1.83. The quantitative estimate of drug-likeness (QED) is 0.422. The maximum absolute atomic E-state index is 11.9. The molecule has 1 aromatic carbocycles. The van der Waals surface area contributed by atoms with Crippen molar-refractivity contribution in [1.29, 1.82) is 0 Å². The Kier molecular flexibility index (Phi) is 3.34. The van der Waals surface area contributed by atoms with Crippen molar-refractivity contribution in [2.45, 2.75) is 0 Å². The predicted molar refractivity (Wildman–Crippen MR) is 80.8 cm³/mol. The third-order valence-electron chi connectivity index (χ3n) is 3.46. The number of carbonyl (C=O) groups is 1. The number of aromatic nitrogens is 1. The second kappa shape index (κ2) is 5.33. The Morgan fingerprint density at radius 3 is 2.55 bits per heavy atom. The van der Waals surface area contributed by atoms with Crippen LogP contribution in [0.3, 0.4) is 0 Å². The van der Waals surface area contributed by atoms with E-state index in [9.17, 15) is 14.9 Å². The zero-order chi connectivity index (χ0) is 15.7. The average Bonchev–Trinajstić information content (AvgIpc) is 2.94. The van der Waals surface area contributed by atoms with Crippen LogP contribution in [0, 0.1) is 10.1 Å². The molecule has 0 aliphatic rings. The van der Waals surface area contributed by atoms with E-state index in [0.717, 1.165) is 16.8 Å². The molecule has 0 aliphatic carbocycles. The van der Waals surface area contributed by atoms with Crippen LogP contribution in [-0.4, -0.2) is 22.4 Å². The minimum absolute atomic E-state index is 0.0257. The lowest BCUT2D eigenvalue weighted by molar-refractivity contribution is -0.384. The van der Waals surface area contributed by atoms with Crippen molar-refractivity contribution in [2.75, 3.05) is 7.11 Å². The van der Waals surface area contributed by atoms with Gasteiger partial charge in [-0.25, -0.2) is 4.79 Å². The van der Waals surface area contributed by atoms with Gasteiger partial charge in [0.1, 0.15) is 0 Å². The summed E-state index contributed by atoms with van der Waals surface area (Å²) < 4.78 is 6.66. The SMILES string of the molecule is COC(=O)c1cc(-c2ccc([N+](=O)[O-])cc2)n2ccccc12. The fraction of sp³-hybridized carbons (Fsp3) is 0.0625. The van der Waals surface area contributed by atoms with Gasteiger partial charge < -0.3 is 9.14 Å². The summed E-state index contributed by atoms with van der Waals surface area (Å²) in [6.45, 7) is 0. The third kappa shape index (κ3) is 2.20. The number of benzene rings is 1. The van der Waals surface area contributed by atoms with Gasteiger partial charge in [-0.3, -0.25) is 10.1 Å². The van der Waals surface area contributed by atoms with Gasteiger partial charge in [-0.2, -0.15) is 0 Å². The van der Waals surface area contributed by atoms with Gasteiger partial charge in [0.25, 0.3) is 5.69 Å². The minimum Gasteiger partial charge on any atom is -0.465 e. The Morgan fingerprint density at radius 1 is 1.18 bits per heavy atom. The number of nitrogens with zero attached hydrogens (tertiary/aromatic N) is 2. The molecule has 0 unspecified atom stereocenters. The lowest BCUT2D eigenvalue weighted by Gasteiger charge is -2.02. The van der Waals surface area contributed by atoms with Crippen molar-refractivity contribution in [3.8, 4) is 11.3 Å². The Bertz CT molecular complexity index is 865. The highest BCUT2D eigenvalue weighted by atomic mass is 16.6. The average molecular weight is 296 g/mol. The van der Waals surface area contributed by atoms with Crippen LogP contribution in [0.15, 0.2) is 54.7 Å². The number of carbonyl (C=O) groups excluding carboxylic acids is 1. The lowest BCUT2D eigenvalue weighted by atomic mass is 10.1. The summed E-state index contributed by atoms with van der Waals surface area (Å²) in [5.74, 6) is -0.420. The zero-order valence-electron chi connectivity index (χ0n) is 11.7. The van der Waals surface area contributed by atoms with Crippen LogP contribution in [-0.2, 0) is 4.74 Å². The maximum atomic E-state index is 11.9. The maximum Gasteiger partial charge on any atom is 0.340 e. The molecular weight excluding hydrogens is 284 g/mol. The first-order valence-electron chi connectivity index (χ1n) is 6.55. The standard InChI is InChI=1S/C16H12N2O4/c1-22-16(19)13-10-15(17-9-3-2-4-14(13)17)11-5-7-12(8-6-11)18(20)21/h2-10H,1H3. The normalized spacial score (nSPS) is 10.6. The van der Waals surface area contributed by atoms with Gasteiger partial charge in [0.2, 0.25) is 0 Å². The summed E-state index contributed by atoms with van der Waals surface area (Å²) in [7, 11) is 1.33. The highest BCUT2D eigenvalue weighted by Gasteiger charge is 2.17. The van der Waals surface area contributed by atoms with E-state index in [1.54, 1.807) is 18.2 Å². The topological polar surface area (TPSA) is 73.8 Å². The molecular formula is C16H12N2O4. The first kappa shape index (κ1) is 13.8. The Morgan fingerprint density at radius 2 is 1.91 bits per heavy atom. The number of esters is 1. The summed E-state index contributed by atoms with van der Waals surface area (Å²) in [6, 6.07) is 13.4.